The van der Waals surface area contributed by atoms with Gasteiger partial charge >= 0.3 is 0 Å². The molecule has 9 heteroatoms. The molecule has 4 aromatic carbocycles. The zero-order valence-electron chi connectivity index (χ0n) is 21.1. The van der Waals surface area contributed by atoms with Crippen LogP contribution < -0.4 is 24.4 Å². The maximum absolute atomic E-state index is 13.4. The van der Waals surface area contributed by atoms with Crippen LogP contribution in [0.5, 0.6) is 17.2 Å². The van der Waals surface area contributed by atoms with Crippen LogP contribution in [0.15, 0.2) is 84.4 Å². The smallest absolute Gasteiger partial charge is 0.270 e. The van der Waals surface area contributed by atoms with E-state index in [9.17, 15) is 9.59 Å². The van der Waals surface area contributed by atoms with Gasteiger partial charge in [0.2, 0.25) is 0 Å². The Labute approximate surface area is 244 Å². The molecule has 0 aromatic heterocycles. The topological polar surface area (TPSA) is 77.1 Å². The van der Waals surface area contributed by atoms with Crippen molar-refractivity contribution in [3.63, 3.8) is 0 Å². The highest BCUT2D eigenvalue weighted by Crippen LogP contribution is 2.36. The normalized spacial score (nSPS) is 14.5. The van der Waals surface area contributed by atoms with Gasteiger partial charge in [-0.15, -0.1) is 0 Å². The van der Waals surface area contributed by atoms with E-state index in [1.165, 1.54) is 11.0 Å². The fourth-order valence-electron chi connectivity index (χ4n) is 4.32. The average molecular weight is 650 g/mol. The quantitative estimate of drug-likeness (QED) is 0.117. The summed E-state index contributed by atoms with van der Waals surface area (Å²) < 4.78 is 17.8. The Bertz CT molecular complexity index is 1630. The molecule has 2 amide bonds. The van der Waals surface area contributed by atoms with Gasteiger partial charge in [0.25, 0.3) is 11.8 Å². The fraction of sp³-hybridized carbons (Fsp3) is 0.100. The van der Waals surface area contributed by atoms with Gasteiger partial charge < -0.3 is 14.2 Å². The highest BCUT2D eigenvalue weighted by Gasteiger charge is 2.34. The van der Waals surface area contributed by atoms with Gasteiger partial charge in [-0.1, -0.05) is 42.5 Å². The molecule has 0 unspecified atom stereocenters. The van der Waals surface area contributed by atoms with E-state index in [1.54, 1.807) is 44.6 Å². The summed E-state index contributed by atoms with van der Waals surface area (Å²) in [6, 6.07) is 24.7. The number of hydrogen-bond donors (Lipinski definition) is 1. The number of amides is 2. The second kappa shape index (κ2) is 11.4. The number of rotatable bonds is 7. The van der Waals surface area contributed by atoms with Gasteiger partial charge in [0.1, 0.15) is 17.9 Å². The lowest BCUT2D eigenvalue weighted by molar-refractivity contribution is -0.122. The summed E-state index contributed by atoms with van der Waals surface area (Å²) in [6.07, 6.45) is 1.52. The molecule has 0 aliphatic carbocycles. The van der Waals surface area contributed by atoms with Crippen LogP contribution in [0.2, 0.25) is 0 Å². The molecular formula is C30H23IN2O5S. The molecule has 1 aliphatic heterocycles. The van der Waals surface area contributed by atoms with Crippen molar-refractivity contribution >= 4 is 74.3 Å². The highest BCUT2D eigenvalue weighted by molar-refractivity contribution is 14.1. The van der Waals surface area contributed by atoms with Crippen molar-refractivity contribution in [2.45, 2.75) is 6.61 Å². The lowest BCUT2D eigenvalue weighted by atomic mass is 10.1. The number of fused-ring (bicyclic) bond motifs is 1. The second-order valence-electron chi connectivity index (χ2n) is 8.62. The number of hydrogen-bond acceptors (Lipinski definition) is 6. The van der Waals surface area contributed by atoms with Crippen LogP contribution in [0, 0.1) is 3.57 Å². The zero-order valence-corrected chi connectivity index (χ0v) is 24.0. The van der Waals surface area contributed by atoms with E-state index in [1.807, 2.05) is 30.3 Å². The Hall–Kier alpha value is -3.96. The lowest BCUT2D eigenvalue weighted by Gasteiger charge is -2.29. The van der Waals surface area contributed by atoms with Crippen molar-refractivity contribution in [1.82, 2.24) is 5.32 Å². The second-order valence-corrected chi connectivity index (χ2v) is 10.2. The largest absolute Gasteiger partial charge is 0.497 e. The van der Waals surface area contributed by atoms with Gasteiger partial charge in [-0.3, -0.25) is 19.8 Å². The van der Waals surface area contributed by atoms with Crippen LogP contribution in [-0.4, -0.2) is 31.1 Å². The molecule has 196 valence electrons. The Morgan fingerprint density at radius 3 is 2.44 bits per heavy atom. The minimum Gasteiger partial charge on any atom is -0.497 e. The first-order valence-electron chi connectivity index (χ1n) is 11.9. The molecule has 0 saturated carbocycles. The van der Waals surface area contributed by atoms with Crippen LogP contribution in [0.1, 0.15) is 11.1 Å². The predicted molar refractivity (Wildman–Crippen MR) is 163 cm³/mol. The van der Waals surface area contributed by atoms with Gasteiger partial charge in [0.15, 0.2) is 16.6 Å². The number of carbonyl (C=O) groups excluding carboxylic acids is 2. The van der Waals surface area contributed by atoms with Crippen LogP contribution >= 0.6 is 34.8 Å². The van der Waals surface area contributed by atoms with Crippen molar-refractivity contribution in [1.29, 1.82) is 0 Å². The summed E-state index contributed by atoms with van der Waals surface area (Å²) in [7, 11) is 3.11. The molecule has 0 atom stereocenters. The molecule has 4 aromatic rings. The number of nitrogens with one attached hydrogen (secondary N) is 1. The van der Waals surface area contributed by atoms with E-state index in [0.29, 0.717) is 35.1 Å². The highest BCUT2D eigenvalue weighted by atomic mass is 127. The first kappa shape index (κ1) is 26.6. The summed E-state index contributed by atoms with van der Waals surface area (Å²) in [5.74, 6) is 0.603. The van der Waals surface area contributed by atoms with Crippen LogP contribution in [0.4, 0.5) is 5.69 Å². The average Bonchev–Trinajstić information content (AvgIpc) is 2.94. The third-order valence-corrected chi connectivity index (χ3v) is 7.33. The molecule has 1 N–H and O–H groups in total. The fourth-order valence-corrected chi connectivity index (χ4v) is 5.38. The van der Waals surface area contributed by atoms with Gasteiger partial charge in [-0.2, -0.15) is 0 Å². The Kier molecular flexibility index (Phi) is 7.80. The van der Waals surface area contributed by atoms with Crippen LogP contribution in [-0.2, 0) is 16.2 Å². The molecule has 0 spiro atoms. The molecule has 0 radical (unpaired) electrons. The summed E-state index contributed by atoms with van der Waals surface area (Å²) in [5, 5.41) is 4.88. The van der Waals surface area contributed by atoms with Crippen molar-refractivity contribution in [3.8, 4) is 17.2 Å². The molecule has 1 heterocycles. The Balaban J connectivity index is 1.43. The van der Waals surface area contributed by atoms with E-state index in [-0.39, 0.29) is 10.7 Å². The molecule has 5 rings (SSSR count). The number of thiocarbonyl (C=S) groups is 1. The minimum atomic E-state index is -0.569. The van der Waals surface area contributed by atoms with Crippen LogP contribution in [0.25, 0.3) is 16.8 Å². The summed E-state index contributed by atoms with van der Waals surface area (Å²) >= 11 is 7.46. The number of nitrogens with zero attached hydrogens (tertiary/aromatic N) is 1. The number of anilines is 1. The lowest BCUT2D eigenvalue weighted by Crippen LogP contribution is -2.54. The maximum atomic E-state index is 13.4. The molecule has 7 nitrogen and oxygen atoms in total. The Morgan fingerprint density at radius 1 is 0.949 bits per heavy atom. The monoisotopic (exact) mass is 650 g/mol. The van der Waals surface area contributed by atoms with Crippen molar-refractivity contribution in [3.05, 3.63) is 99.1 Å². The molecule has 1 fully saturated rings. The number of methoxy groups -OCH3 is 2. The summed E-state index contributed by atoms with van der Waals surface area (Å²) in [4.78, 5) is 27.5. The molecule has 39 heavy (non-hydrogen) atoms. The molecular weight excluding hydrogens is 627 g/mol. The van der Waals surface area contributed by atoms with Crippen molar-refractivity contribution < 1.29 is 23.8 Å². The van der Waals surface area contributed by atoms with Crippen LogP contribution in [0.3, 0.4) is 0 Å². The first-order valence-corrected chi connectivity index (χ1v) is 13.4. The van der Waals surface area contributed by atoms with E-state index < -0.39 is 11.8 Å². The van der Waals surface area contributed by atoms with E-state index in [4.69, 9.17) is 26.4 Å². The maximum Gasteiger partial charge on any atom is 0.270 e. The van der Waals surface area contributed by atoms with Gasteiger partial charge in [-0.25, -0.2) is 0 Å². The zero-order chi connectivity index (χ0) is 27.5. The molecule has 1 aliphatic rings. The molecule has 0 bridgehead atoms. The number of carbonyl (C=O) groups is 2. The number of halogens is 1. The molecule has 1 saturated heterocycles. The first-order chi connectivity index (χ1) is 18.9. The SMILES string of the molecule is COc1ccc(N2C(=O)/C(=C\c3cc(I)c(OCc4cccc5ccccc45)c(OC)c3)C(=O)NC2=S)cc1. The van der Waals surface area contributed by atoms with Gasteiger partial charge in [-0.05, 0) is 99.2 Å². The van der Waals surface area contributed by atoms with E-state index in [0.717, 1.165) is 19.9 Å². The van der Waals surface area contributed by atoms with E-state index >= 15 is 0 Å². The van der Waals surface area contributed by atoms with Gasteiger partial charge in [0.05, 0.1) is 23.5 Å². The third-order valence-electron chi connectivity index (χ3n) is 6.25. The number of benzene rings is 4. The number of ether oxygens (including phenoxy) is 3. The van der Waals surface area contributed by atoms with Gasteiger partial charge in [0, 0.05) is 0 Å². The third kappa shape index (κ3) is 5.45. The standard InChI is InChI=1S/C30H23IN2O5S/c1-36-22-12-10-21(11-13-22)33-29(35)24(28(34)32-30(33)39)14-18-15-25(31)27(26(16-18)37-2)38-17-20-8-5-7-19-6-3-4-9-23(19)20/h3-16H,17H2,1-2H3,(H,32,34,39)/b24-14-. The summed E-state index contributed by atoms with van der Waals surface area (Å²) in [5.41, 5.74) is 2.12. The summed E-state index contributed by atoms with van der Waals surface area (Å²) in [6.45, 7) is 0.351. The van der Waals surface area contributed by atoms with Crippen molar-refractivity contribution in [2.24, 2.45) is 0 Å². The Morgan fingerprint density at radius 2 is 1.69 bits per heavy atom. The van der Waals surface area contributed by atoms with E-state index in [2.05, 4.69) is 46.1 Å². The minimum absolute atomic E-state index is 0.0108. The predicted octanol–water partition coefficient (Wildman–Crippen LogP) is 5.87. The van der Waals surface area contributed by atoms with Crippen molar-refractivity contribution in [2.75, 3.05) is 19.1 Å².